The van der Waals surface area contributed by atoms with Crippen LogP contribution in [0.4, 0.5) is 5.69 Å². The van der Waals surface area contributed by atoms with Crippen LogP contribution in [0.2, 0.25) is 0 Å². The van der Waals surface area contributed by atoms with Gasteiger partial charge >= 0.3 is 0 Å². The number of nitrogens with zero attached hydrogens (tertiary/aromatic N) is 2. The molecule has 1 aliphatic rings. The van der Waals surface area contributed by atoms with Crippen molar-refractivity contribution in [3.63, 3.8) is 0 Å². The second-order valence-electron chi connectivity index (χ2n) is 10.1. The van der Waals surface area contributed by atoms with Gasteiger partial charge < -0.3 is 10.2 Å². The Morgan fingerprint density at radius 1 is 0.900 bits per heavy atom. The Kier molecular flexibility index (Phi) is 10.1. The van der Waals surface area contributed by atoms with E-state index in [9.17, 15) is 18.0 Å². The van der Waals surface area contributed by atoms with Crippen LogP contribution in [0.25, 0.3) is 0 Å². The van der Waals surface area contributed by atoms with Gasteiger partial charge in [0.2, 0.25) is 11.8 Å². The van der Waals surface area contributed by atoms with E-state index in [1.807, 2.05) is 31.2 Å². The maximum Gasteiger partial charge on any atom is 0.264 e. The molecule has 1 unspecified atom stereocenters. The van der Waals surface area contributed by atoms with Gasteiger partial charge in [0.25, 0.3) is 10.0 Å². The van der Waals surface area contributed by atoms with Gasteiger partial charge in [-0.25, -0.2) is 8.42 Å². The van der Waals surface area contributed by atoms with Gasteiger partial charge in [-0.15, -0.1) is 0 Å². The second kappa shape index (κ2) is 13.3. The molecular formula is C30H33Br2N3O4S. The molecule has 0 saturated heterocycles. The summed E-state index contributed by atoms with van der Waals surface area (Å²) >= 11 is 6.83. The fourth-order valence-electron chi connectivity index (χ4n) is 4.73. The Labute approximate surface area is 253 Å². The fraction of sp³-hybridized carbons (Fsp3) is 0.333. The molecule has 0 aromatic heterocycles. The van der Waals surface area contributed by atoms with Crippen LogP contribution in [0.15, 0.2) is 86.6 Å². The lowest BCUT2D eigenvalue weighted by molar-refractivity contribution is -0.139. The minimum atomic E-state index is -4.09. The van der Waals surface area contributed by atoms with Crippen LogP contribution in [-0.4, -0.2) is 43.8 Å². The molecule has 1 aliphatic carbocycles. The van der Waals surface area contributed by atoms with Crippen molar-refractivity contribution in [3.8, 4) is 0 Å². The van der Waals surface area contributed by atoms with E-state index >= 15 is 0 Å². The summed E-state index contributed by atoms with van der Waals surface area (Å²) in [5, 5.41) is 3.08. The summed E-state index contributed by atoms with van der Waals surface area (Å²) in [5.41, 5.74) is 2.10. The smallest absolute Gasteiger partial charge is 0.264 e. The molecule has 1 atom stereocenters. The van der Waals surface area contributed by atoms with Gasteiger partial charge in [-0.3, -0.25) is 13.9 Å². The molecule has 7 nitrogen and oxygen atoms in total. The largest absolute Gasteiger partial charge is 0.352 e. The van der Waals surface area contributed by atoms with Crippen molar-refractivity contribution in [2.75, 3.05) is 10.8 Å². The molecule has 2 amide bonds. The van der Waals surface area contributed by atoms with Gasteiger partial charge in [0.15, 0.2) is 0 Å². The number of halogens is 2. The van der Waals surface area contributed by atoms with Gasteiger partial charge in [0.1, 0.15) is 12.6 Å². The molecule has 10 heteroatoms. The van der Waals surface area contributed by atoms with E-state index in [1.165, 1.54) is 17.0 Å². The Hall–Kier alpha value is -2.69. The highest BCUT2D eigenvalue weighted by atomic mass is 79.9. The van der Waals surface area contributed by atoms with Gasteiger partial charge in [0, 0.05) is 21.5 Å². The normalized spacial score (nSPS) is 14.5. The van der Waals surface area contributed by atoms with Gasteiger partial charge in [-0.1, -0.05) is 74.5 Å². The lowest BCUT2D eigenvalue weighted by Gasteiger charge is -2.32. The highest BCUT2D eigenvalue weighted by Crippen LogP contribution is 2.27. The molecule has 1 N–H and O–H groups in total. The zero-order chi connectivity index (χ0) is 28.9. The Morgan fingerprint density at radius 2 is 1.45 bits per heavy atom. The minimum absolute atomic E-state index is 0.0836. The van der Waals surface area contributed by atoms with Crippen LogP contribution in [-0.2, 0) is 26.2 Å². The molecule has 0 spiro atoms. The van der Waals surface area contributed by atoms with E-state index in [1.54, 1.807) is 43.3 Å². The Bertz CT molecular complexity index is 1420. The van der Waals surface area contributed by atoms with Gasteiger partial charge in [-0.05, 0) is 80.8 Å². The maximum absolute atomic E-state index is 14.0. The van der Waals surface area contributed by atoms with Gasteiger partial charge in [-0.2, -0.15) is 0 Å². The number of carbonyl (C=O) groups excluding carboxylic acids is 2. The van der Waals surface area contributed by atoms with Crippen LogP contribution in [0.3, 0.4) is 0 Å². The van der Waals surface area contributed by atoms with Crippen molar-refractivity contribution in [1.29, 1.82) is 0 Å². The number of hydrogen-bond acceptors (Lipinski definition) is 4. The van der Waals surface area contributed by atoms with Crippen LogP contribution >= 0.6 is 31.9 Å². The molecule has 0 bridgehead atoms. The lowest BCUT2D eigenvalue weighted by Crippen LogP contribution is -2.52. The third-order valence-electron chi connectivity index (χ3n) is 7.14. The van der Waals surface area contributed by atoms with Gasteiger partial charge in [0.05, 0.1) is 10.6 Å². The SMILES string of the molecule is Cc1ccc(S(=O)(=O)N(CC(=O)N(Cc2ccc(Br)cc2)C(C)C(=O)NC2CCCC2)c2ccc(Br)cc2)cc1. The molecule has 1 fully saturated rings. The first-order valence-corrected chi connectivity index (χ1v) is 16.3. The molecule has 4 rings (SSSR count). The number of hydrogen-bond donors (Lipinski definition) is 1. The first kappa shape index (κ1) is 30.3. The first-order chi connectivity index (χ1) is 19.0. The number of rotatable bonds is 10. The third-order valence-corrected chi connectivity index (χ3v) is 9.98. The summed E-state index contributed by atoms with van der Waals surface area (Å²) in [5.74, 6) is -0.718. The number of nitrogens with one attached hydrogen (secondary N) is 1. The number of carbonyl (C=O) groups is 2. The summed E-state index contributed by atoms with van der Waals surface area (Å²) in [7, 11) is -4.09. The van der Waals surface area contributed by atoms with E-state index in [0.717, 1.165) is 50.1 Å². The van der Waals surface area contributed by atoms with Crippen LogP contribution in [0, 0.1) is 6.92 Å². The van der Waals surface area contributed by atoms with E-state index < -0.39 is 28.5 Å². The standard InChI is InChI=1S/C30H33Br2N3O4S/c1-21-7-17-28(18-8-21)40(38,39)35(27-15-13-25(32)14-16-27)20-29(36)34(19-23-9-11-24(31)12-10-23)22(2)30(37)33-26-5-3-4-6-26/h7-18,22,26H,3-6,19-20H2,1-2H3,(H,33,37). The van der Waals surface area contributed by atoms with E-state index in [4.69, 9.17) is 0 Å². The minimum Gasteiger partial charge on any atom is -0.352 e. The second-order valence-corrected chi connectivity index (χ2v) is 13.8. The molecule has 3 aromatic carbocycles. The summed E-state index contributed by atoms with van der Waals surface area (Å²) in [6, 6.07) is 20.1. The van der Waals surface area contributed by atoms with Crippen molar-refractivity contribution < 1.29 is 18.0 Å². The zero-order valence-electron chi connectivity index (χ0n) is 22.5. The van der Waals surface area contributed by atoms with Crippen molar-refractivity contribution in [3.05, 3.63) is 92.9 Å². The Morgan fingerprint density at radius 3 is 2.02 bits per heavy atom. The van der Waals surface area contributed by atoms with Crippen molar-refractivity contribution in [2.45, 2.75) is 63.1 Å². The molecule has 0 radical (unpaired) electrons. The quantitative estimate of drug-likeness (QED) is 0.275. The van der Waals surface area contributed by atoms with Crippen LogP contribution < -0.4 is 9.62 Å². The lowest BCUT2D eigenvalue weighted by atomic mass is 10.1. The summed E-state index contributed by atoms with van der Waals surface area (Å²) in [4.78, 5) is 28.8. The summed E-state index contributed by atoms with van der Waals surface area (Å²) < 4.78 is 30.5. The molecule has 212 valence electrons. The average molecular weight is 691 g/mol. The molecular weight excluding hydrogens is 658 g/mol. The van der Waals surface area contributed by atoms with Crippen LogP contribution in [0.5, 0.6) is 0 Å². The number of benzene rings is 3. The predicted octanol–water partition coefficient (Wildman–Crippen LogP) is 6.19. The first-order valence-electron chi connectivity index (χ1n) is 13.2. The molecule has 3 aromatic rings. The fourth-order valence-corrected chi connectivity index (χ4v) is 6.68. The number of amides is 2. The zero-order valence-corrected chi connectivity index (χ0v) is 26.5. The molecule has 0 heterocycles. The highest BCUT2D eigenvalue weighted by Gasteiger charge is 2.33. The summed E-state index contributed by atoms with van der Waals surface area (Å²) in [6.45, 7) is 3.27. The average Bonchev–Trinajstić information content (AvgIpc) is 3.44. The van der Waals surface area contributed by atoms with Crippen molar-refractivity contribution in [2.24, 2.45) is 0 Å². The third kappa shape index (κ3) is 7.53. The van der Waals surface area contributed by atoms with E-state index in [-0.39, 0.29) is 23.4 Å². The summed E-state index contributed by atoms with van der Waals surface area (Å²) in [6.07, 6.45) is 3.98. The van der Waals surface area contributed by atoms with E-state index in [0.29, 0.717) is 5.69 Å². The van der Waals surface area contributed by atoms with Crippen LogP contribution in [0.1, 0.15) is 43.7 Å². The van der Waals surface area contributed by atoms with Crippen molar-refractivity contribution >= 4 is 59.4 Å². The molecule has 1 saturated carbocycles. The Balaban J connectivity index is 1.67. The maximum atomic E-state index is 14.0. The van der Waals surface area contributed by atoms with E-state index in [2.05, 4.69) is 37.2 Å². The number of aryl methyl sites for hydroxylation is 1. The van der Waals surface area contributed by atoms with Crippen molar-refractivity contribution in [1.82, 2.24) is 10.2 Å². The predicted molar refractivity (Wildman–Crippen MR) is 164 cm³/mol. The monoisotopic (exact) mass is 689 g/mol. The topological polar surface area (TPSA) is 86.8 Å². The molecule has 40 heavy (non-hydrogen) atoms. The number of anilines is 1. The molecule has 0 aliphatic heterocycles. The highest BCUT2D eigenvalue weighted by molar-refractivity contribution is 9.10. The number of sulfonamides is 1.